The van der Waals surface area contributed by atoms with Crippen molar-refractivity contribution in [2.24, 2.45) is 21.1 Å². The molecule has 1 aliphatic rings. The third-order valence-corrected chi connectivity index (χ3v) is 9.47. The van der Waals surface area contributed by atoms with Crippen molar-refractivity contribution in [2.75, 3.05) is 26.0 Å². The highest BCUT2D eigenvalue weighted by atomic mass is 35.5. The molecular formula is C24H39Cl2N6O8PS. The predicted octanol–water partition coefficient (Wildman–Crippen LogP) is 3.36. The topological polar surface area (TPSA) is 189 Å². The van der Waals surface area contributed by atoms with E-state index in [1.807, 2.05) is 0 Å². The van der Waals surface area contributed by atoms with Crippen molar-refractivity contribution in [2.45, 2.75) is 76.5 Å². The van der Waals surface area contributed by atoms with Gasteiger partial charge in [-0.3, -0.25) is 28.2 Å². The number of imidazole rings is 1. The maximum Gasteiger partial charge on any atom is 0.406 e. The maximum atomic E-state index is 13.7. The fraction of sp³-hybridized carbons (Fsp3) is 0.708. The second-order valence-corrected chi connectivity index (χ2v) is 14.9. The van der Waals surface area contributed by atoms with Gasteiger partial charge in [-0.25, -0.2) is 19.6 Å². The molecule has 42 heavy (non-hydrogen) atoms. The molecule has 4 N–H and O–H groups in total. The van der Waals surface area contributed by atoms with Crippen molar-refractivity contribution in [3.05, 3.63) is 12.0 Å². The summed E-state index contributed by atoms with van der Waals surface area (Å²) in [7, 11) is -2.78. The summed E-state index contributed by atoms with van der Waals surface area (Å²) in [5.74, 6) is -0.320. The van der Waals surface area contributed by atoms with Crippen LogP contribution in [0, 0.1) is 5.41 Å². The summed E-state index contributed by atoms with van der Waals surface area (Å²) in [6, 6.07) is -1.10. The Bertz CT molecular complexity index is 1210. The number of esters is 1. The van der Waals surface area contributed by atoms with Crippen molar-refractivity contribution in [1.82, 2.24) is 14.6 Å². The number of hydrogen-bond acceptors (Lipinski definition) is 12. The molecule has 0 aliphatic carbocycles. The lowest BCUT2D eigenvalue weighted by Gasteiger charge is -2.25. The average molecular weight is 674 g/mol. The predicted molar refractivity (Wildman–Crippen MR) is 163 cm³/mol. The van der Waals surface area contributed by atoms with E-state index >= 15 is 0 Å². The second-order valence-electron chi connectivity index (χ2n) is 10.6. The molecule has 0 bridgehead atoms. The summed E-state index contributed by atoms with van der Waals surface area (Å²) >= 11 is 14.0. The fourth-order valence-electron chi connectivity index (χ4n) is 3.49. The molecule has 14 nitrogen and oxygen atoms in total. The Morgan fingerprint density at radius 3 is 2.55 bits per heavy atom. The van der Waals surface area contributed by atoms with Crippen molar-refractivity contribution in [3.63, 3.8) is 0 Å². The molecule has 1 aromatic heterocycles. The lowest BCUT2D eigenvalue weighted by atomic mass is 10.00. The number of carbonyl (C=O) groups excluding carboxylic acids is 2. The SMILES string of the molecule is C=Nc1c(C(N)=NC)ncn1[C@@H]1O[C@H](COP(=O)(N[C@@H](C)C(=O)OC(C)C)OCCSC(=O)C(C)(C)C)[C@@H](O)C1(Cl)Cl. The standard InChI is InChI=1S/C24H39Cl2N6O8PS/c1-13(2)39-20(34)14(3)31-41(36,37-9-10-42-22(35)23(4,5)6)38-11-15-17(33)24(25,26)21(40-15)32-12-30-16(18(27)28-7)19(32)29-8/h12-15,17,21,33H,8-11H2,1-7H3,(H2,27,28)(H,31,36)/t14-,15+,17+,21+,41?/m0/s1. The first-order valence-corrected chi connectivity index (χ1v) is 16.2. The molecule has 0 saturated carbocycles. The summed E-state index contributed by atoms with van der Waals surface area (Å²) in [5, 5.41) is 13.4. The van der Waals surface area contributed by atoms with Gasteiger partial charge in [0.25, 0.3) is 0 Å². The number of nitrogens with two attached hydrogens (primary N) is 1. The van der Waals surface area contributed by atoms with E-state index in [9.17, 15) is 19.3 Å². The van der Waals surface area contributed by atoms with Crippen LogP contribution in [0.5, 0.6) is 0 Å². The van der Waals surface area contributed by atoms with Gasteiger partial charge < -0.3 is 20.3 Å². The van der Waals surface area contributed by atoms with E-state index in [0.29, 0.717) is 0 Å². The Kier molecular flexibility index (Phi) is 13.0. The molecule has 0 radical (unpaired) electrons. The van der Waals surface area contributed by atoms with Crippen LogP contribution in [0.3, 0.4) is 0 Å². The first kappa shape index (κ1) is 36.6. The minimum absolute atomic E-state index is 0.0703. The van der Waals surface area contributed by atoms with Gasteiger partial charge in [0.1, 0.15) is 29.8 Å². The first-order valence-electron chi connectivity index (χ1n) is 12.9. The van der Waals surface area contributed by atoms with Gasteiger partial charge in [-0.2, -0.15) is 0 Å². The first-order chi connectivity index (χ1) is 19.4. The Labute approximate surface area is 259 Å². The lowest BCUT2D eigenvalue weighted by Crippen LogP contribution is -2.39. The number of aliphatic hydroxyl groups excluding tert-OH is 1. The lowest BCUT2D eigenvalue weighted by molar-refractivity contribution is -0.149. The Hall–Kier alpha value is -1.55. The maximum absolute atomic E-state index is 13.7. The highest BCUT2D eigenvalue weighted by molar-refractivity contribution is 8.13. The summed E-state index contributed by atoms with van der Waals surface area (Å²) < 4.78 is 35.3. The number of halogens is 2. The summed E-state index contributed by atoms with van der Waals surface area (Å²) in [5.41, 5.74) is 5.50. The molecule has 2 heterocycles. The zero-order valence-electron chi connectivity index (χ0n) is 24.6. The third-order valence-electron chi connectivity index (χ3n) is 5.69. The molecule has 2 rings (SSSR count). The van der Waals surface area contributed by atoms with Crippen LogP contribution in [0.15, 0.2) is 16.3 Å². The number of carbonyl (C=O) groups is 2. The molecule has 0 aromatic carbocycles. The van der Waals surface area contributed by atoms with Crippen LogP contribution in [0.4, 0.5) is 5.82 Å². The van der Waals surface area contributed by atoms with Crippen molar-refractivity contribution >= 4 is 72.2 Å². The number of rotatable bonds is 14. The minimum Gasteiger partial charge on any atom is -0.462 e. The molecule has 5 atom stereocenters. The molecule has 18 heteroatoms. The van der Waals surface area contributed by atoms with Crippen molar-refractivity contribution < 1.29 is 37.8 Å². The number of alkyl halides is 2. The van der Waals surface area contributed by atoms with Crippen LogP contribution in [0.1, 0.15) is 53.5 Å². The second kappa shape index (κ2) is 15.0. The van der Waals surface area contributed by atoms with Crippen molar-refractivity contribution in [1.29, 1.82) is 0 Å². The molecule has 238 valence electrons. The van der Waals surface area contributed by atoms with Gasteiger partial charge in [-0.15, -0.1) is 0 Å². The van der Waals surface area contributed by atoms with E-state index in [2.05, 4.69) is 26.8 Å². The smallest absolute Gasteiger partial charge is 0.406 e. The number of hydrogen-bond donors (Lipinski definition) is 3. The molecule has 1 fully saturated rings. The molecule has 0 spiro atoms. The number of aromatic nitrogens is 2. The Morgan fingerprint density at radius 2 is 2.00 bits per heavy atom. The van der Waals surface area contributed by atoms with E-state index in [-0.39, 0.29) is 34.8 Å². The Balaban J connectivity index is 2.22. The number of nitrogens with one attached hydrogen (secondary N) is 1. The molecule has 1 unspecified atom stereocenters. The number of thioether (sulfide) groups is 1. The molecule has 0 amide bonds. The molecule has 1 aliphatic heterocycles. The van der Waals surface area contributed by atoms with Gasteiger partial charge >= 0.3 is 13.7 Å². The quantitative estimate of drug-likeness (QED) is 0.0653. The normalized spacial score (nSPS) is 23.0. The Morgan fingerprint density at radius 1 is 1.36 bits per heavy atom. The molecule has 1 saturated heterocycles. The summed E-state index contributed by atoms with van der Waals surface area (Å²) in [4.78, 5) is 36.6. The fourth-order valence-corrected chi connectivity index (χ4v) is 6.47. The third kappa shape index (κ3) is 9.23. The monoisotopic (exact) mass is 672 g/mol. The zero-order valence-corrected chi connectivity index (χ0v) is 27.8. The van der Waals surface area contributed by atoms with Gasteiger partial charge in [0.15, 0.2) is 21.5 Å². The van der Waals surface area contributed by atoms with Crippen LogP contribution in [-0.4, -0.2) is 93.0 Å². The van der Waals surface area contributed by atoms with Gasteiger partial charge in [0.2, 0.25) is 0 Å². The number of aliphatic imine (C=N–C) groups is 2. The largest absolute Gasteiger partial charge is 0.462 e. The zero-order chi connectivity index (χ0) is 32.0. The highest BCUT2D eigenvalue weighted by Gasteiger charge is 2.56. The van der Waals surface area contributed by atoms with Crippen molar-refractivity contribution in [3.8, 4) is 0 Å². The van der Waals surface area contributed by atoms with E-state index in [1.165, 1.54) is 24.9 Å². The number of aliphatic hydroxyl groups is 1. The number of nitrogens with zero attached hydrogens (tertiary/aromatic N) is 4. The van der Waals surface area contributed by atoms with Crippen LogP contribution in [0.25, 0.3) is 0 Å². The van der Waals surface area contributed by atoms with Crippen LogP contribution in [0.2, 0.25) is 0 Å². The van der Waals surface area contributed by atoms with Gasteiger partial charge in [-0.1, -0.05) is 55.7 Å². The van der Waals surface area contributed by atoms with E-state index < -0.39 is 60.7 Å². The molecule has 1 aromatic rings. The van der Waals surface area contributed by atoms with E-state index in [4.69, 9.17) is 47.5 Å². The van der Waals surface area contributed by atoms with Gasteiger partial charge in [0, 0.05) is 18.2 Å². The van der Waals surface area contributed by atoms with Crippen LogP contribution in [-0.2, 0) is 32.7 Å². The average Bonchev–Trinajstić information content (AvgIpc) is 3.41. The molecular weight excluding hydrogens is 634 g/mol. The number of amidine groups is 1. The van der Waals surface area contributed by atoms with E-state index in [0.717, 1.165) is 11.8 Å². The van der Waals surface area contributed by atoms with E-state index in [1.54, 1.807) is 34.6 Å². The summed E-state index contributed by atoms with van der Waals surface area (Å²) in [6.45, 7) is 12.9. The van der Waals surface area contributed by atoms with Gasteiger partial charge in [0.05, 0.1) is 25.6 Å². The van der Waals surface area contributed by atoms with Crippen LogP contribution >= 0.6 is 42.7 Å². The highest BCUT2D eigenvalue weighted by Crippen LogP contribution is 2.50. The minimum atomic E-state index is -4.25. The van der Waals surface area contributed by atoms with Gasteiger partial charge in [-0.05, 0) is 27.5 Å². The summed E-state index contributed by atoms with van der Waals surface area (Å²) in [6.07, 6.45) is -3.14. The number of ether oxygens (including phenoxy) is 2. The van der Waals surface area contributed by atoms with Crippen LogP contribution < -0.4 is 10.8 Å².